The molecule has 5 heteroatoms. The van der Waals surface area contributed by atoms with Crippen molar-refractivity contribution in [3.8, 4) is 5.75 Å². The van der Waals surface area contributed by atoms with E-state index in [0.29, 0.717) is 11.8 Å². The average molecular weight is 436 g/mol. The Labute approximate surface area is 192 Å². The Morgan fingerprint density at radius 2 is 1.91 bits per heavy atom. The molecule has 1 aromatic heterocycles. The van der Waals surface area contributed by atoms with Crippen molar-refractivity contribution in [3.63, 3.8) is 0 Å². The molecule has 5 atom stereocenters. The Morgan fingerprint density at radius 1 is 1.12 bits per heavy atom. The summed E-state index contributed by atoms with van der Waals surface area (Å²) in [6, 6.07) is 7.96. The van der Waals surface area contributed by atoms with E-state index in [0.717, 1.165) is 47.6 Å². The van der Waals surface area contributed by atoms with Gasteiger partial charge in [0.1, 0.15) is 5.75 Å². The van der Waals surface area contributed by atoms with Crippen LogP contribution in [0.25, 0.3) is 10.9 Å². The maximum Gasteiger partial charge on any atom is 0.119 e. The van der Waals surface area contributed by atoms with Crippen LogP contribution in [0, 0.1) is 17.8 Å². The summed E-state index contributed by atoms with van der Waals surface area (Å²) in [5.74, 6) is 3.12. The number of fused-ring (bicyclic) bond motifs is 7. The van der Waals surface area contributed by atoms with Crippen LogP contribution < -0.4 is 4.74 Å². The van der Waals surface area contributed by atoms with E-state index in [4.69, 9.17) is 4.74 Å². The van der Waals surface area contributed by atoms with E-state index >= 15 is 0 Å². The number of rotatable bonds is 4. The minimum absolute atomic E-state index is 0.178. The van der Waals surface area contributed by atoms with Gasteiger partial charge in [-0.1, -0.05) is 6.08 Å². The molecule has 6 aliphatic heterocycles. The molecule has 32 heavy (non-hydrogen) atoms. The smallest absolute Gasteiger partial charge is 0.119 e. The predicted octanol–water partition coefficient (Wildman–Crippen LogP) is 4.28. The lowest BCUT2D eigenvalue weighted by atomic mass is 9.73. The molecule has 6 saturated heterocycles. The first kappa shape index (κ1) is 21.9. The van der Waals surface area contributed by atoms with Gasteiger partial charge in [-0.25, -0.2) is 0 Å². The lowest BCUT2D eigenvalue weighted by Gasteiger charge is -2.50. The van der Waals surface area contributed by atoms with Crippen LogP contribution in [0.1, 0.15) is 43.8 Å². The molecule has 0 spiro atoms. The quantitative estimate of drug-likeness (QED) is 0.727. The van der Waals surface area contributed by atoms with Crippen LogP contribution in [0.4, 0.5) is 0 Å². The van der Waals surface area contributed by atoms with E-state index in [1.165, 1.54) is 45.3 Å². The average Bonchev–Trinajstić information content (AvgIpc) is 2.89. The van der Waals surface area contributed by atoms with Crippen molar-refractivity contribution in [1.29, 1.82) is 0 Å². The predicted molar refractivity (Wildman–Crippen MR) is 129 cm³/mol. The first-order chi connectivity index (χ1) is 15.7. The first-order valence-electron chi connectivity index (χ1n) is 12.4. The monoisotopic (exact) mass is 435 g/mol. The van der Waals surface area contributed by atoms with E-state index in [1.54, 1.807) is 13.3 Å². The van der Waals surface area contributed by atoms with Crippen molar-refractivity contribution in [2.24, 2.45) is 17.8 Å². The zero-order valence-corrected chi connectivity index (χ0v) is 19.3. The second-order valence-corrected chi connectivity index (χ2v) is 10.0. The molecule has 172 valence electrons. The summed E-state index contributed by atoms with van der Waals surface area (Å²) < 4.78 is 5.35. The lowest BCUT2D eigenvalue weighted by Crippen LogP contribution is -2.54. The maximum atomic E-state index is 11.2. The Hall–Kier alpha value is -1.95. The molecule has 6 aliphatic rings. The van der Waals surface area contributed by atoms with Crippen LogP contribution in [-0.4, -0.2) is 65.8 Å². The lowest BCUT2D eigenvalue weighted by molar-refractivity contribution is -0.0444. The number of methoxy groups -OCH3 is 1. The molecule has 6 fully saturated rings. The zero-order valence-electron chi connectivity index (χ0n) is 19.3. The van der Waals surface area contributed by atoms with Crippen molar-refractivity contribution >= 4 is 10.9 Å². The molecule has 0 radical (unpaired) electrons. The number of pyridine rings is 1. The number of hydrogen-bond acceptors (Lipinski definition) is 5. The highest BCUT2D eigenvalue weighted by molar-refractivity contribution is 5.83. The number of aliphatic hydroxyl groups excluding tert-OH is 1. The van der Waals surface area contributed by atoms with Gasteiger partial charge in [0.2, 0.25) is 0 Å². The summed E-state index contributed by atoms with van der Waals surface area (Å²) in [5, 5.41) is 12.1. The summed E-state index contributed by atoms with van der Waals surface area (Å²) in [7, 11) is 1.66. The van der Waals surface area contributed by atoms with E-state index in [2.05, 4.69) is 27.4 Å². The molecule has 0 unspecified atom stereocenters. The molecule has 8 rings (SSSR count). The highest BCUT2D eigenvalue weighted by Gasteiger charge is 2.42. The number of hydrogen-bond donors (Lipinski definition) is 1. The van der Waals surface area contributed by atoms with E-state index in [1.807, 2.05) is 24.3 Å². The molecule has 0 aliphatic carbocycles. The summed E-state index contributed by atoms with van der Waals surface area (Å²) in [6.45, 7) is 10.2. The van der Waals surface area contributed by atoms with Gasteiger partial charge in [-0.2, -0.15) is 0 Å². The third kappa shape index (κ3) is 4.30. The number of nitrogens with zero attached hydrogens (tertiary/aromatic N) is 3. The number of aliphatic hydroxyl groups is 1. The number of ether oxygens (including phenoxy) is 1. The minimum atomic E-state index is -0.504. The van der Waals surface area contributed by atoms with Crippen LogP contribution in [0.5, 0.6) is 5.75 Å². The Kier molecular flexibility index (Phi) is 6.49. The highest BCUT2D eigenvalue weighted by Crippen LogP contribution is 2.42. The van der Waals surface area contributed by atoms with Crippen molar-refractivity contribution < 1.29 is 9.84 Å². The standard InChI is InChI=1S/C20H24N2O2.C7H13N/c1-3-13-12-22-9-7-14(13)10-19(22)20(23)16-6-8-21-18-5-4-15(24-2)11-17(16)18;1-4-8-5-2-7(1)3-6-8/h3-6,8,11,13-14,19-20,23H,1,7,9-10,12H2,2H3;7H,1-6H2/t13-,14-,19-,20+;/m0./s1. The molecular weight excluding hydrogens is 398 g/mol. The summed E-state index contributed by atoms with van der Waals surface area (Å²) in [6.07, 6.45) is 10.1. The fourth-order valence-electron chi connectivity index (χ4n) is 6.31. The Balaban J connectivity index is 0.000000225. The number of benzene rings is 1. The molecule has 7 heterocycles. The largest absolute Gasteiger partial charge is 0.497 e. The van der Waals surface area contributed by atoms with Gasteiger partial charge in [-0.15, -0.1) is 6.58 Å². The molecule has 5 nitrogen and oxygen atoms in total. The maximum absolute atomic E-state index is 11.2. The third-order valence-corrected chi connectivity index (χ3v) is 8.38. The molecule has 0 amide bonds. The minimum Gasteiger partial charge on any atom is -0.497 e. The van der Waals surface area contributed by atoms with Gasteiger partial charge in [0.25, 0.3) is 0 Å². The summed E-state index contributed by atoms with van der Waals surface area (Å²) in [5.41, 5.74) is 1.85. The Morgan fingerprint density at radius 3 is 2.47 bits per heavy atom. The summed E-state index contributed by atoms with van der Waals surface area (Å²) in [4.78, 5) is 9.44. The number of aromatic nitrogens is 1. The second kappa shape index (κ2) is 9.50. The van der Waals surface area contributed by atoms with Crippen molar-refractivity contribution in [2.75, 3.05) is 39.8 Å². The molecule has 1 N–H and O–H groups in total. The van der Waals surface area contributed by atoms with E-state index in [-0.39, 0.29) is 6.04 Å². The third-order valence-electron chi connectivity index (χ3n) is 8.38. The van der Waals surface area contributed by atoms with Crippen molar-refractivity contribution in [3.05, 3.63) is 48.7 Å². The van der Waals surface area contributed by atoms with Crippen LogP contribution in [0.15, 0.2) is 43.1 Å². The van der Waals surface area contributed by atoms with Crippen LogP contribution in [0.2, 0.25) is 0 Å². The van der Waals surface area contributed by atoms with Crippen LogP contribution in [-0.2, 0) is 0 Å². The fourth-order valence-corrected chi connectivity index (χ4v) is 6.31. The fraction of sp³-hybridized carbons (Fsp3) is 0.593. The topological polar surface area (TPSA) is 48.8 Å². The zero-order chi connectivity index (χ0) is 22.1. The normalized spacial score (nSPS) is 33.9. The number of piperidine rings is 6. The second-order valence-electron chi connectivity index (χ2n) is 10.0. The Bertz CT molecular complexity index is 917. The van der Waals surface area contributed by atoms with Gasteiger partial charge in [0.05, 0.1) is 18.7 Å². The van der Waals surface area contributed by atoms with Crippen molar-refractivity contribution in [1.82, 2.24) is 14.8 Å². The van der Waals surface area contributed by atoms with E-state index < -0.39 is 6.10 Å². The SMILES string of the molecule is C1CN2CCC1CC2.C=C[C@H]1C[N@]2CC[C@H]1C[C@H]2[C@H](O)c1ccnc2ccc(OC)cc12. The summed E-state index contributed by atoms with van der Waals surface area (Å²) >= 11 is 0. The first-order valence-corrected chi connectivity index (χ1v) is 12.4. The van der Waals surface area contributed by atoms with Crippen LogP contribution in [0.3, 0.4) is 0 Å². The van der Waals surface area contributed by atoms with Gasteiger partial charge >= 0.3 is 0 Å². The van der Waals surface area contributed by atoms with E-state index in [9.17, 15) is 5.11 Å². The van der Waals surface area contributed by atoms with Gasteiger partial charge in [0, 0.05) is 24.2 Å². The van der Waals surface area contributed by atoms with Gasteiger partial charge in [-0.05, 0) is 106 Å². The molecule has 4 bridgehead atoms. The van der Waals surface area contributed by atoms with Crippen LogP contribution >= 0.6 is 0 Å². The highest BCUT2D eigenvalue weighted by atomic mass is 16.5. The molecular formula is C27H37N3O2. The van der Waals surface area contributed by atoms with Crippen molar-refractivity contribution in [2.45, 2.75) is 44.2 Å². The van der Waals surface area contributed by atoms with Gasteiger partial charge < -0.3 is 14.7 Å². The van der Waals surface area contributed by atoms with Gasteiger partial charge in [0.15, 0.2) is 0 Å². The molecule has 1 aromatic carbocycles. The molecule has 0 saturated carbocycles. The molecule has 2 aromatic rings. The van der Waals surface area contributed by atoms with Gasteiger partial charge in [-0.3, -0.25) is 9.88 Å².